The fourth-order valence-corrected chi connectivity index (χ4v) is 1.04. The first-order valence-corrected chi connectivity index (χ1v) is 7.76. The largest absolute Gasteiger partial charge is 0.356 e. The lowest BCUT2D eigenvalue weighted by atomic mass is 10.2. The predicted molar refractivity (Wildman–Crippen MR) is 86.1 cm³/mol. The summed E-state index contributed by atoms with van der Waals surface area (Å²) in [4.78, 5) is 11.1. The van der Waals surface area contributed by atoms with Gasteiger partial charge < -0.3 is 16.8 Å². The van der Waals surface area contributed by atoms with Crippen LogP contribution in [0, 0.1) is 5.92 Å². The molecule has 0 rings (SSSR count). The van der Waals surface area contributed by atoms with E-state index < -0.39 is 6.30 Å². The molecule has 124 valence electrons. The number of carbonyl (C=O) groups is 1. The number of alkyl halides is 1. The highest BCUT2D eigenvalue weighted by atomic mass is 19.1. The SMILES string of the molecule is CC.CC(C)C.NCCCCNC(=O)CCCC(N)F. The third kappa shape index (κ3) is 36.0. The van der Waals surface area contributed by atoms with Crippen LogP contribution in [-0.2, 0) is 4.79 Å². The minimum atomic E-state index is -1.31. The molecule has 5 N–H and O–H groups in total. The monoisotopic (exact) mass is 293 g/mol. The highest BCUT2D eigenvalue weighted by Crippen LogP contribution is 1.99. The van der Waals surface area contributed by atoms with E-state index in [1.807, 2.05) is 13.8 Å². The molecule has 0 aliphatic heterocycles. The number of nitrogens with two attached hydrogens (primary N) is 2. The van der Waals surface area contributed by atoms with Crippen molar-refractivity contribution >= 4 is 5.91 Å². The van der Waals surface area contributed by atoms with Crippen molar-refractivity contribution in [2.75, 3.05) is 13.1 Å². The Hall–Kier alpha value is -0.680. The van der Waals surface area contributed by atoms with Crippen molar-refractivity contribution in [3.8, 4) is 0 Å². The number of carbonyl (C=O) groups excluding carboxylic acids is 1. The second-order valence-electron chi connectivity index (χ2n) is 4.99. The summed E-state index contributed by atoms with van der Waals surface area (Å²) in [7, 11) is 0. The maximum Gasteiger partial charge on any atom is 0.219 e. The number of unbranched alkanes of at least 4 members (excludes halogenated alkanes) is 1. The molecule has 4 nitrogen and oxygen atoms in total. The fourth-order valence-electron chi connectivity index (χ4n) is 1.04. The van der Waals surface area contributed by atoms with E-state index in [0.717, 1.165) is 18.8 Å². The lowest BCUT2D eigenvalue weighted by molar-refractivity contribution is -0.121. The maximum atomic E-state index is 12.1. The zero-order chi connectivity index (χ0) is 16.4. The third-order valence-electron chi connectivity index (χ3n) is 1.84. The molecule has 0 aromatic rings. The molecule has 0 aliphatic rings. The molecule has 0 radical (unpaired) electrons. The zero-order valence-electron chi connectivity index (χ0n) is 14.0. The first-order chi connectivity index (χ1) is 9.40. The zero-order valence-corrected chi connectivity index (χ0v) is 14.0. The molecule has 1 amide bonds. The second-order valence-corrected chi connectivity index (χ2v) is 4.99. The molecule has 0 aliphatic carbocycles. The maximum absolute atomic E-state index is 12.1. The Morgan fingerprint density at radius 3 is 2.05 bits per heavy atom. The predicted octanol–water partition coefficient (Wildman–Crippen LogP) is 2.95. The Balaban J connectivity index is -0.000000410. The van der Waals surface area contributed by atoms with Crippen molar-refractivity contribution in [2.45, 2.75) is 73.0 Å². The van der Waals surface area contributed by atoms with Crippen molar-refractivity contribution in [3.05, 3.63) is 0 Å². The van der Waals surface area contributed by atoms with Crippen LogP contribution in [0.5, 0.6) is 0 Å². The van der Waals surface area contributed by atoms with Gasteiger partial charge in [-0.25, -0.2) is 4.39 Å². The van der Waals surface area contributed by atoms with Crippen LogP contribution in [0.15, 0.2) is 0 Å². The van der Waals surface area contributed by atoms with Crippen LogP contribution in [0.3, 0.4) is 0 Å². The van der Waals surface area contributed by atoms with Crippen LogP contribution in [-0.4, -0.2) is 25.3 Å². The number of nitrogens with one attached hydrogen (secondary N) is 1. The summed E-state index contributed by atoms with van der Waals surface area (Å²) in [5.74, 6) is 0.794. The first-order valence-electron chi connectivity index (χ1n) is 7.76. The Morgan fingerprint density at radius 1 is 1.15 bits per heavy atom. The van der Waals surface area contributed by atoms with Crippen LogP contribution in [0.25, 0.3) is 0 Å². The Kier molecular flexibility index (Phi) is 25.1. The normalized spacial score (nSPS) is 10.8. The molecule has 1 atom stereocenters. The van der Waals surface area contributed by atoms with Gasteiger partial charge in [-0.2, -0.15) is 0 Å². The van der Waals surface area contributed by atoms with E-state index >= 15 is 0 Å². The molecule has 20 heavy (non-hydrogen) atoms. The van der Waals surface area contributed by atoms with E-state index in [1.165, 1.54) is 0 Å². The van der Waals surface area contributed by atoms with Gasteiger partial charge >= 0.3 is 0 Å². The molecular weight excluding hydrogens is 257 g/mol. The minimum Gasteiger partial charge on any atom is -0.356 e. The Morgan fingerprint density at radius 2 is 1.65 bits per heavy atom. The molecule has 0 fully saturated rings. The smallest absolute Gasteiger partial charge is 0.219 e. The summed E-state index contributed by atoms with van der Waals surface area (Å²) < 4.78 is 12.1. The molecule has 1 unspecified atom stereocenters. The van der Waals surface area contributed by atoms with Crippen molar-refractivity contribution in [1.29, 1.82) is 0 Å². The Labute approximate surface area is 124 Å². The van der Waals surface area contributed by atoms with E-state index in [2.05, 4.69) is 26.1 Å². The van der Waals surface area contributed by atoms with Gasteiger partial charge in [-0.3, -0.25) is 4.79 Å². The van der Waals surface area contributed by atoms with Crippen molar-refractivity contribution in [1.82, 2.24) is 5.32 Å². The van der Waals surface area contributed by atoms with Crippen LogP contribution in [0.1, 0.15) is 66.7 Å². The van der Waals surface area contributed by atoms with Crippen molar-refractivity contribution < 1.29 is 9.18 Å². The van der Waals surface area contributed by atoms with E-state index in [9.17, 15) is 9.18 Å². The number of hydrogen-bond donors (Lipinski definition) is 3. The summed E-state index contributed by atoms with van der Waals surface area (Å²) in [5.41, 5.74) is 10.2. The summed E-state index contributed by atoms with van der Waals surface area (Å²) >= 11 is 0. The van der Waals surface area contributed by atoms with Crippen LogP contribution in [0.4, 0.5) is 4.39 Å². The van der Waals surface area contributed by atoms with Gasteiger partial charge in [0.15, 0.2) is 0 Å². The average molecular weight is 293 g/mol. The average Bonchev–Trinajstić information content (AvgIpc) is 2.36. The van der Waals surface area contributed by atoms with Gasteiger partial charge in [0.25, 0.3) is 0 Å². The van der Waals surface area contributed by atoms with Gasteiger partial charge in [-0.15, -0.1) is 0 Å². The summed E-state index contributed by atoms with van der Waals surface area (Å²) in [5, 5.41) is 2.73. The molecule has 0 aromatic heterocycles. The summed E-state index contributed by atoms with van der Waals surface area (Å²) in [6, 6.07) is 0. The summed E-state index contributed by atoms with van der Waals surface area (Å²) in [6.45, 7) is 11.8. The van der Waals surface area contributed by atoms with Crippen molar-refractivity contribution in [2.24, 2.45) is 17.4 Å². The lowest BCUT2D eigenvalue weighted by Gasteiger charge is -2.04. The van der Waals surface area contributed by atoms with E-state index in [1.54, 1.807) is 0 Å². The van der Waals surface area contributed by atoms with Gasteiger partial charge in [0.2, 0.25) is 5.91 Å². The molecule has 0 saturated carbocycles. The Bertz CT molecular complexity index is 185. The van der Waals surface area contributed by atoms with Gasteiger partial charge in [0.05, 0.1) is 0 Å². The van der Waals surface area contributed by atoms with E-state index in [-0.39, 0.29) is 12.3 Å². The quantitative estimate of drug-likeness (QED) is 0.475. The lowest BCUT2D eigenvalue weighted by Crippen LogP contribution is -2.25. The molecule has 0 spiro atoms. The van der Waals surface area contributed by atoms with Gasteiger partial charge in [0, 0.05) is 13.0 Å². The fraction of sp³-hybridized carbons (Fsp3) is 0.933. The van der Waals surface area contributed by atoms with Gasteiger partial charge in [0.1, 0.15) is 6.30 Å². The third-order valence-corrected chi connectivity index (χ3v) is 1.84. The molecule has 0 heterocycles. The van der Waals surface area contributed by atoms with Crippen LogP contribution in [0.2, 0.25) is 0 Å². The molecule has 5 heteroatoms. The number of amides is 1. The molecule has 0 aromatic carbocycles. The number of hydrogen-bond acceptors (Lipinski definition) is 3. The van der Waals surface area contributed by atoms with E-state index in [4.69, 9.17) is 11.5 Å². The van der Waals surface area contributed by atoms with Crippen LogP contribution >= 0.6 is 0 Å². The van der Waals surface area contributed by atoms with E-state index in [0.29, 0.717) is 25.9 Å². The standard InChI is InChI=1S/C9H20FN3O.C4H10.C2H6/c10-8(12)4-3-5-9(14)13-7-2-1-6-11;1-4(2)3;1-2/h8H,1-7,11-12H2,(H,13,14);4H,1-3H3;1-2H3. The first kappa shape index (κ1) is 24.3. The minimum absolute atomic E-state index is 0.0392. The molecular formula is C15H36FN3O. The second kappa shape index (κ2) is 20.6. The molecule has 0 saturated heterocycles. The van der Waals surface area contributed by atoms with Gasteiger partial charge in [-0.05, 0) is 38.1 Å². The summed E-state index contributed by atoms with van der Waals surface area (Å²) in [6.07, 6.45) is 1.59. The van der Waals surface area contributed by atoms with Gasteiger partial charge in [-0.1, -0.05) is 34.6 Å². The van der Waals surface area contributed by atoms with Crippen LogP contribution < -0.4 is 16.8 Å². The highest BCUT2D eigenvalue weighted by Gasteiger charge is 2.02. The topological polar surface area (TPSA) is 81.1 Å². The van der Waals surface area contributed by atoms with Crippen molar-refractivity contribution in [3.63, 3.8) is 0 Å². The highest BCUT2D eigenvalue weighted by molar-refractivity contribution is 5.75. The number of rotatable bonds is 8. The number of halogens is 1. The molecule has 0 bridgehead atoms.